The summed E-state index contributed by atoms with van der Waals surface area (Å²) in [5, 5.41) is 0. The van der Waals surface area contributed by atoms with Gasteiger partial charge in [-0.05, 0) is 0 Å². The third-order valence-corrected chi connectivity index (χ3v) is 0. The van der Waals surface area contributed by atoms with Gasteiger partial charge < -0.3 is 0 Å². The molecule has 0 saturated heterocycles. The topological polar surface area (TPSA) is 0 Å². The zero-order valence-electron chi connectivity index (χ0n) is 14.5. The van der Waals surface area contributed by atoms with E-state index in [1.165, 1.54) is 0 Å². The van der Waals surface area contributed by atoms with E-state index in [1.807, 2.05) is 0 Å². The zero-order valence-corrected chi connectivity index (χ0v) is 25.0. The van der Waals surface area contributed by atoms with Crippen molar-refractivity contribution in [1.29, 1.82) is 0 Å². The minimum Gasteiger partial charge on any atom is 0 e. The number of hydrogen-bond donors (Lipinski definition) is 0. The quantitative estimate of drug-likeness (QED) is 0.373. The van der Waals surface area contributed by atoms with E-state index >= 15 is 0 Å². The maximum Gasteiger partial charge on any atom is 0 e. The Morgan fingerprint density at radius 3 is 0.294 bits per heavy atom. The largest absolute Gasteiger partial charge is 0 e. The van der Waals surface area contributed by atoms with Gasteiger partial charge in [0.15, 0.2) is 0 Å². The molecule has 0 aromatic heterocycles. The van der Waals surface area contributed by atoms with Gasteiger partial charge in [0, 0.05) is 17.6 Å². The smallest absolute Gasteiger partial charge is 0 e. The monoisotopic (exact) mass is 550 g/mol. The standard InChI is InChI=1S/4C3H9Ge.Ge/c4*1-4(2)3;/h4*1-3H3;. The molecule has 17 heavy (non-hydrogen) atoms. The van der Waals surface area contributed by atoms with Crippen LogP contribution in [0.4, 0.5) is 0 Å². The van der Waals surface area contributed by atoms with Crippen LogP contribution in [-0.4, -0.2) is 75.0 Å². The van der Waals surface area contributed by atoms with Gasteiger partial charge in [-0.1, -0.05) is 0 Å². The summed E-state index contributed by atoms with van der Waals surface area (Å²) in [5.41, 5.74) is 0. The molecule has 5 heteroatoms. The molecule has 0 bridgehead atoms. The van der Waals surface area contributed by atoms with Crippen LogP contribution < -0.4 is 0 Å². The predicted octanol–water partition coefficient (Wildman–Crippen LogP) is 5.10. The van der Waals surface area contributed by atoms with Crippen molar-refractivity contribution in [2.45, 2.75) is 69.1 Å². The molecule has 0 spiro atoms. The van der Waals surface area contributed by atoms with Crippen LogP contribution in [0, 0.1) is 0 Å². The van der Waals surface area contributed by atoms with E-state index in [9.17, 15) is 0 Å². The van der Waals surface area contributed by atoms with Crippen LogP contribution in [0.15, 0.2) is 0 Å². The van der Waals surface area contributed by atoms with Gasteiger partial charge in [-0.25, -0.2) is 0 Å². The van der Waals surface area contributed by atoms with Crippen molar-refractivity contribution in [2.24, 2.45) is 0 Å². The van der Waals surface area contributed by atoms with Crippen molar-refractivity contribution >= 4 is 75.0 Å². The van der Waals surface area contributed by atoms with Crippen LogP contribution in [0.25, 0.3) is 0 Å². The maximum atomic E-state index is 2.33. The Balaban J connectivity index is -0.0000000369. The average Bonchev–Trinajstić information content (AvgIpc) is 1.76. The van der Waals surface area contributed by atoms with Gasteiger partial charge in [0.1, 0.15) is 0 Å². The Labute approximate surface area is 142 Å². The van der Waals surface area contributed by atoms with Crippen molar-refractivity contribution in [3.05, 3.63) is 0 Å². The SMILES string of the molecule is [CH3][Ge]([CH3])[CH3].[CH3][Ge]([CH3])[CH3].[CH3][Ge]([CH3])[CH3].[CH3][Ge]([CH3])[CH3].[Ge]. The molecule has 0 N–H and O–H groups in total. The third kappa shape index (κ3) is 710. The van der Waals surface area contributed by atoms with Crippen LogP contribution >= 0.6 is 0 Å². The molecule has 0 aliphatic rings. The van der Waals surface area contributed by atoms with E-state index in [1.54, 1.807) is 0 Å². The van der Waals surface area contributed by atoms with Crippen LogP contribution in [0.1, 0.15) is 0 Å². The van der Waals surface area contributed by atoms with E-state index < -0.39 is 0 Å². The van der Waals surface area contributed by atoms with Gasteiger partial charge in [0.05, 0.1) is 0 Å². The fraction of sp³-hybridized carbons (Fsp3) is 1.00. The Bertz CT molecular complexity index is 57.9. The maximum absolute atomic E-state index is 2.33. The fourth-order valence-electron chi connectivity index (χ4n) is 0. The first kappa shape index (κ1) is 31.9. The molecular formula is C12H36Ge5. The Morgan fingerprint density at radius 2 is 0.294 bits per heavy atom. The molecule has 0 aliphatic heterocycles. The summed E-state index contributed by atoms with van der Waals surface area (Å²) in [5.74, 6) is 28.0. The molecule has 8 radical (unpaired) electrons. The molecule has 0 unspecified atom stereocenters. The van der Waals surface area contributed by atoms with Gasteiger partial charge in [-0.3, -0.25) is 0 Å². The number of hydrogen-bond acceptors (Lipinski definition) is 0. The fourth-order valence-corrected chi connectivity index (χ4v) is 0. The minimum atomic E-state index is -0.333. The van der Waals surface area contributed by atoms with Gasteiger partial charge in [-0.15, -0.1) is 0 Å². The summed E-state index contributed by atoms with van der Waals surface area (Å²) in [7, 11) is 0. The molecule has 104 valence electrons. The van der Waals surface area contributed by atoms with E-state index in [0.29, 0.717) is 0 Å². The van der Waals surface area contributed by atoms with E-state index in [-0.39, 0.29) is 75.0 Å². The first-order valence-corrected chi connectivity index (χ1v) is 31.2. The van der Waals surface area contributed by atoms with Gasteiger partial charge >= 0.3 is 126 Å². The van der Waals surface area contributed by atoms with Crippen molar-refractivity contribution in [3.63, 3.8) is 0 Å². The Kier molecular flexibility index (Phi) is 50.9. The van der Waals surface area contributed by atoms with Crippen LogP contribution in [-0.2, 0) is 0 Å². The molecular weight excluding hydrogens is 507 g/mol. The summed E-state index contributed by atoms with van der Waals surface area (Å²) in [6, 6.07) is 0. The summed E-state index contributed by atoms with van der Waals surface area (Å²) in [4.78, 5) is 0. The molecule has 0 saturated carbocycles. The molecule has 0 fully saturated rings. The van der Waals surface area contributed by atoms with Gasteiger partial charge in [-0.2, -0.15) is 0 Å². The molecule has 0 heterocycles. The van der Waals surface area contributed by atoms with E-state index in [2.05, 4.69) is 69.1 Å². The van der Waals surface area contributed by atoms with Crippen molar-refractivity contribution in [2.75, 3.05) is 0 Å². The first-order valence-electron chi connectivity index (χ1n) is 6.00. The van der Waals surface area contributed by atoms with Gasteiger partial charge in [0.25, 0.3) is 0 Å². The average molecular weight is 543 g/mol. The van der Waals surface area contributed by atoms with E-state index in [4.69, 9.17) is 0 Å². The summed E-state index contributed by atoms with van der Waals surface area (Å²) in [6.45, 7) is 0. The van der Waals surface area contributed by atoms with Crippen molar-refractivity contribution in [1.82, 2.24) is 0 Å². The molecule has 0 amide bonds. The second kappa shape index (κ2) is 27.1. The summed E-state index contributed by atoms with van der Waals surface area (Å²) < 4.78 is 0. The van der Waals surface area contributed by atoms with Crippen LogP contribution in [0.5, 0.6) is 0 Å². The number of rotatable bonds is 0. The zero-order chi connectivity index (χ0) is 14.3. The van der Waals surface area contributed by atoms with Crippen molar-refractivity contribution in [3.8, 4) is 0 Å². The van der Waals surface area contributed by atoms with Crippen LogP contribution in [0.2, 0.25) is 69.1 Å². The molecule has 0 rings (SSSR count). The third-order valence-electron chi connectivity index (χ3n) is 0. The molecule has 0 aromatic carbocycles. The van der Waals surface area contributed by atoms with Gasteiger partial charge in [0.2, 0.25) is 0 Å². The van der Waals surface area contributed by atoms with E-state index in [0.717, 1.165) is 0 Å². The minimum absolute atomic E-state index is 0. The van der Waals surface area contributed by atoms with Crippen molar-refractivity contribution < 1.29 is 0 Å². The molecule has 0 nitrogen and oxygen atoms in total. The second-order valence-electron chi connectivity index (χ2n) is 6.00. The second-order valence-corrected chi connectivity index (χ2v) is 31.2. The molecule has 0 atom stereocenters. The molecule has 0 aromatic rings. The Morgan fingerprint density at radius 1 is 0.294 bits per heavy atom. The van der Waals surface area contributed by atoms with Crippen LogP contribution in [0.3, 0.4) is 0 Å². The molecule has 0 aliphatic carbocycles. The summed E-state index contributed by atoms with van der Waals surface area (Å²) >= 11 is -1.33. The predicted molar refractivity (Wildman–Crippen MR) is 99.1 cm³/mol. The Hall–Kier alpha value is 2.71. The first-order chi connectivity index (χ1) is 6.93. The normalized spacial score (nSPS) is 8.47. The summed E-state index contributed by atoms with van der Waals surface area (Å²) in [6.07, 6.45) is 0.